The van der Waals surface area contributed by atoms with Crippen LogP contribution in [0.4, 0.5) is 0 Å². The number of fused-ring (bicyclic) bond motifs is 12. The second-order valence-corrected chi connectivity index (χ2v) is 16.3. The van der Waals surface area contributed by atoms with Crippen LogP contribution in [0.25, 0.3) is 0 Å². The first kappa shape index (κ1) is 45.5. The molecular formula is C54H60O9. The van der Waals surface area contributed by atoms with E-state index >= 15 is 0 Å². The highest BCUT2D eigenvalue weighted by Crippen LogP contribution is 2.31. The molecule has 0 amide bonds. The van der Waals surface area contributed by atoms with Crippen LogP contribution in [0.3, 0.4) is 0 Å². The fraction of sp³-hybridized carbons (Fsp3) is 0.333. The zero-order valence-electron chi connectivity index (χ0n) is 37.6. The third kappa shape index (κ3) is 12.8. The molecule has 9 heteroatoms. The molecule has 0 spiro atoms. The van der Waals surface area contributed by atoms with E-state index in [0.29, 0.717) is 79.3 Å². The van der Waals surface area contributed by atoms with E-state index in [1.54, 1.807) is 21.3 Å². The molecule has 0 saturated heterocycles. The van der Waals surface area contributed by atoms with E-state index in [0.717, 1.165) is 101 Å². The molecule has 7 rings (SSSR count). The van der Waals surface area contributed by atoms with Crippen molar-refractivity contribution >= 4 is 0 Å². The molecule has 1 heterocycles. The molecule has 1 aliphatic heterocycles. The van der Waals surface area contributed by atoms with Gasteiger partial charge >= 0.3 is 0 Å². The average Bonchev–Trinajstić information content (AvgIpc) is 3.26. The Hall–Kier alpha value is -5.52. The van der Waals surface area contributed by atoms with Gasteiger partial charge < -0.3 is 42.6 Å². The van der Waals surface area contributed by atoms with Crippen molar-refractivity contribution in [1.82, 2.24) is 0 Å². The van der Waals surface area contributed by atoms with Gasteiger partial charge in [-0.25, -0.2) is 0 Å². The van der Waals surface area contributed by atoms with Crippen LogP contribution in [0.15, 0.2) is 109 Å². The highest BCUT2D eigenvalue weighted by Gasteiger charge is 2.16. The topological polar surface area (TPSA) is 83.1 Å². The maximum Gasteiger partial charge on any atom is 0.129 e. The first-order valence-electron chi connectivity index (χ1n) is 21.5. The maximum atomic E-state index is 6.28. The van der Waals surface area contributed by atoms with Gasteiger partial charge in [-0.1, -0.05) is 126 Å². The lowest BCUT2D eigenvalue weighted by molar-refractivity contribution is 0.0960. The molecule has 6 aromatic carbocycles. The Morgan fingerprint density at radius 3 is 0.651 bits per heavy atom. The molecule has 9 nitrogen and oxygen atoms in total. The summed E-state index contributed by atoms with van der Waals surface area (Å²) in [5, 5.41) is 0. The Morgan fingerprint density at radius 1 is 0.286 bits per heavy atom. The first-order chi connectivity index (χ1) is 30.8. The maximum absolute atomic E-state index is 6.28. The first-order valence-corrected chi connectivity index (χ1v) is 21.5. The quantitative estimate of drug-likeness (QED) is 0.173. The second-order valence-electron chi connectivity index (χ2n) is 16.3. The molecule has 0 fully saturated rings. The van der Waals surface area contributed by atoms with Gasteiger partial charge in [0.05, 0.1) is 101 Å². The molecule has 0 aliphatic carbocycles. The van der Waals surface area contributed by atoms with Crippen LogP contribution in [0.1, 0.15) is 83.5 Å². The molecule has 0 atom stereocenters. The molecule has 0 saturated carbocycles. The minimum atomic E-state index is 0.399. The highest BCUT2D eigenvalue weighted by atomic mass is 16.5. The molecule has 12 bridgehead atoms. The van der Waals surface area contributed by atoms with Crippen molar-refractivity contribution < 1.29 is 42.6 Å². The van der Waals surface area contributed by atoms with E-state index in [1.165, 1.54) is 0 Å². The zero-order chi connectivity index (χ0) is 44.0. The zero-order valence-corrected chi connectivity index (χ0v) is 37.6. The van der Waals surface area contributed by atoms with Gasteiger partial charge in [0, 0.05) is 33.4 Å². The molecule has 0 unspecified atom stereocenters. The Bertz CT molecular complexity index is 2030. The summed E-state index contributed by atoms with van der Waals surface area (Å²) in [6, 6.07) is 37.7. The van der Waals surface area contributed by atoms with Crippen molar-refractivity contribution in [3.8, 4) is 17.2 Å². The number of hydrogen-bond donors (Lipinski definition) is 0. The van der Waals surface area contributed by atoms with Gasteiger partial charge in [0.25, 0.3) is 0 Å². The van der Waals surface area contributed by atoms with Crippen molar-refractivity contribution in [1.29, 1.82) is 0 Å². The summed E-state index contributed by atoms with van der Waals surface area (Å²) >= 11 is 0. The molecular weight excluding hydrogens is 793 g/mol. The lowest BCUT2D eigenvalue weighted by Crippen LogP contribution is -2.05. The number of benzene rings is 6. The van der Waals surface area contributed by atoms with Crippen LogP contribution in [-0.4, -0.2) is 21.3 Å². The molecule has 63 heavy (non-hydrogen) atoms. The van der Waals surface area contributed by atoms with E-state index in [9.17, 15) is 0 Å². The summed E-state index contributed by atoms with van der Waals surface area (Å²) in [6.45, 7) is 11.3. The van der Waals surface area contributed by atoms with Crippen molar-refractivity contribution in [3.05, 3.63) is 193 Å². The Morgan fingerprint density at radius 2 is 0.476 bits per heavy atom. The summed E-state index contributed by atoms with van der Waals surface area (Å²) in [4.78, 5) is 0. The van der Waals surface area contributed by atoms with Crippen LogP contribution < -0.4 is 14.2 Å². The standard InChI is InChI=1S/C54H60O9/c1-37-16-46-31-58-25-40-10-7-12-42(22-40)27-60-33-48-18-38(2)20-50(53(48)56-5)35-62-29-44-14-9-15-45(24-44)30-63-36-51-21-39(3)19-49(54(51)57-6)34-61-28-43-13-8-11-41(23-43)26-59-32-47(17-37)52(46)55-4/h7-24H,25-36H2,1-6H3. The Balaban J connectivity index is 1.09. The molecule has 330 valence electrons. The summed E-state index contributed by atoms with van der Waals surface area (Å²) in [5.41, 5.74) is 15.6. The highest BCUT2D eigenvalue weighted by molar-refractivity contribution is 5.46. The van der Waals surface area contributed by atoms with E-state index < -0.39 is 0 Å². The van der Waals surface area contributed by atoms with Gasteiger partial charge in [0.15, 0.2) is 0 Å². The van der Waals surface area contributed by atoms with Gasteiger partial charge in [0.2, 0.25) is 0 Å². The summed E-state index contributed by atoms with van der Waals surface area (Å²) in [7, 11) is 5.10. The molecule has 6 aromatic rings. The number of ether oxygens (including phenoxy) is 9. The van der Waals surface area contributed by atoms with Gasteiger partial charge in [-0.15, -0.1) is 0 Å². The minimum absolute atomic E-state index is 0.399. The van der Waals surface area contributed by atoms with Gasteiger partial charge in [-0.05, 0) is 54.2 Å². The lowest BCUT2D eigenvalue weighted by atomic mass is 10.1. The van der Waals surface area contributed by atoms with Crippen molar-refractivity contribution in [2.45, 2.75) is 100 Å². The molecule has 0 aromatic heterocycles. The monoisotopic (exact) mass is 852 g/mol. The summed E-state index contributed by atoms with van der Waals surface area (Å²) in [6.07, 6.45) is 0. The predicted molar refractivity (Wildman–Crippen MR) is 243 cm³/mol. The van der Waals surface area contributed by atoms with Gasteiger partial charge in [-0.3, -0.25) is 0 Å². The van der Waals surface area contributed by atoms with Crippen LogP contribution in [0.2, 0.25) is 0 Å². The van der Waals surface area contributed by atoms with Crippen LogP contribution in [-0.2, 0) is 108 Å². The molecule has 0 N–H and O–H groups in total. The van der Waals surface area contributed by atoms with Crippen LogP contribution >= 0.6 is 0 Å². The molecule has 0 radical (unpaired) electrons. The van der Waals surface area contributed by atoms with Crippen LogP contribution in [0, 0.1) is 20.8 Å². The number of methoxy groups -OCH3 is 3. The normalized spacial score (nSPS) is 15.0. The van der Waals surface area contributed by atoms with E-state index in [1.807, 2.05) is 18.2 Å². The fourth-order valence-electron chi connectivity index (χ4n) is 8.32. The van der Waals surface area contributed by atoms with Crippen molar-refractivity contribution in [2.75, 3.05) is 21.3 Å². The number of hydrogen-bond acceptors (Lipinski definition) is 9. The largest absolute Gasteiger partial charge is 0.496 e. The predicted octanol–water partition coefficient (Wildman–Crippen LogP) is 11.3. The Kier molecular flexibility index (Phi) is 16.4. The summed E-state index contributed by atoms with van der Waals surface area (Å²) in [5.74, 6) is 2.35. The summed E-state index contributed by atoms with van der Waals surface area (Å²) < 4.78 is 55.4. The van der Waals surface area contributed by atoms with Gasteiger partial charge in [0.1, 0.15) is 17.2 Å². The number of aryl methyl sites for hydroxylation is 3. The number of rotatable bonds is 3. The van der Waals surface area contributed by atoms with Crippen molar-refractivity contribution in [2.24, 2.45) is 0 Å². The van der Waals surface area contributed by atoms with E-state index in [2.05, 4.69) is 112 Å². The third-order valence-electron chi connectivity index (χ3n) is 10.9. The lowest BCUT2D eigenvalue weighted by Gasteiger charge is -2.17. The van der Waals surface area contributed by atoms with E-state index in [4.69, 9.17) is 42.6 Å². The Labute approximate surface area is 372 Å². The van der Waals surface area contributed by atoms with Crippen molar-refractivity contribution in [3.63, 3.8) is 0 Å². The van der Waals surface area contributed by atoms with Crippen LogP contribution in [0.5, 0.6) is 17.2 Å². The van der Waals surface area contributed by atoms with Gasteiger partial charge in [-0.2, -0.15) is 0 Å². The average molecular weight is 853 g/mol. The molecule has 1 aliphatic rings. The SMILES string of the molecule is COc1c2cc(C)cc1COCc1cccc(c1)COCc1cc(C)cc(c1OC)COCc1cccc(c1)COCc1cc(C)cc(c1OC)COCc1cccc(c1)COC2. The second kappa shape index (κ2) is 22.7. The smallest absolute Gasteiger partial charge is 0.129 e. The van der Waals surface area contributed by atoms with E-state index in [-0.39, 0.29) is 0 Å². The minimum Gasteiger partial charge on any atom is -0.496 e. The third-order valence-corrected chi connectivity index (χ3v) is 10.9. The fourth-order valence-corrected chi connectivity index (χ4v) is 8.32.